The fourth-order valence-electron chi connectivity index (χ4n) is 0.934. The Morgan fingerprint density at radius 3 is 3.08 bits per heavy atom. The van der Waals surface area contributed by atoms with Crippen LogP contribution in [0, 0.1) is 0 Å². The van der Waals surface area contributed by atoms with Crippen LogP contribution in [-0.2, 0) is 0 Å². The van der Waals surface area contributed by atoms with E-state index in [1.807, 2.05) is 0 Å². The van der Waals surface area contributed by atoms with Gasteiger partial charge in [-0.05, 0) is 12.1 Å². The lowest BCUT2D eigenvalue weighted by Gasteiger charge is -1.90. The number of H-pyrrole nitrogens is 1. The average molecular weight is 178 g/mol. The van der Waals surface area contributed by atoms with Gasteiger partial charge in [-0.25, -0.2) is 4.98 Å². The fourth-order valence-corrected chi connectivity index (χ4v) is 1.47. The maximum Gasteiger partial charge on any atom is 0.228 e. The van der Waals surface area contributed by atoms with Crippen LogP contribution in [-0.4, -0.2) is 15.8 Å². The van der Waals surface area contributed by atoms with Gasteiger partial charge in [-0.15, -0.1) is 11.3 Å². The van der Waals surface area contributed by atoms with Crippen molar-refractivity contribution in [3.8, 4) is 0 Å². The molecule has 0 aromatic carbocycles. The number of hydrogen-bond acceptors (Lipinski definition) is 3. The van der Waals surface area contributed by atoms with Gasteiger partial charge in [0.15, 0.2) is 0 Å². The molecule has 3 nitrogen and oxygen atoms in total. The van der Waals surface area contributed by atoms with Crippen molar-refractivity contribution in [2.75, 3.05) is 0 Å². The van der Waals surface area contributed by atoms with Crippen molar-refractivity contribution >= 4 is 17.1 Å². The van der Waals surface area contributed by atoms with E-state index in [-0.39, 0.29) is 5.78 Å². The summed E-state index contributed by atoms with van der Waals surface area (Å²) in [6.45, 7) is 0. The summed E-state index contributed by atoms with van der Waals surface area (Å²) in [4.78, 5) is 18.2. The van der Waals surface area contributed by atoms with Gasteiger partial charge >= 0.3 is 0 Å². The number of nitrogens with one attached hydrogen (secondary N) is 1. The zero-order valence-electron chi connectivity index (χ0n) is 6.15. The molecule has 0 aliphatic carbocycles. The van der Waals surface area contributed by atoms with Gasteiger partial charge in [0.25, 0.3) is 0 Å². The second-order valence-electron chi connectivity index (χ2n) is 2.29. The normalized spacial score (nSPS) is 10.0. The number of aromatic amines is 1. The topological polar surface area (TPSA) is 45.8 Å². The number of carbonyl (C=O) groups is 1. The van der Waals surface area contributed by atoms with E-state index >= 15 is 0 Å². The lowest BCUT2D eigenvalue weighted by atomic mass is 10.2. The summed E-state index contributed by atoms with van der Waals surface area (Å²) in [5.41, 5.74) is 2.74. The molecule has 2 rings (SSSR count). The van der Waals surface area contributed by atoms with Crippen LogP contribution in [0.5, 0.6) is 0 Å². The summed E-state index contributed by atoms with van der Waals surface area (Å²) < 4.78 is 0. The highest BCUT2D eigenvalue weighted by molar-refractivity contribution is 7.07. The zero-order valence-corrected chi connectivity index (χ0v) is 6.97. The van der Waals surface area contributed by atoms with Gasteiger partial charge < -0.3 is 4.98 Å². The minimum Gasteiger partial charge on any atom is -0.358 e. The first-order valence-electron chi connectivity index (χ1n) is 3.44. The van der Waals surface area contributed by atoms with E-state index in [9.17, 15) is 4.79 Å². The lowest BCUT2D eigenvalue weighted by Crippen LogP contribution is -2.01. The van der Waals surface area contributed by atoms with Crippen LogP contribution in [0.3, 0.4) is 0 Å². The first-order chi connectivity index (χ1) is 5.88. The monoisotopic (exact) mass is 178 g/mol. The van der Waals surface area contributed by atoms with E-state index in [1.54, 1.807) is 29.2 Å². The summed E-state index contributed by atoms with van der Waals surface area (Å²) in [5, 5.41) is 1.74. The average Bonchev–Trinajstić information content (AvgIpc) is 2.77. The molecule has 0 aliphatic rings. The molecule has 12 heavy (non-hydrogen) atoms. The third-order valence-corrected chi connectivity index (χ3v) is 2.09. The molecule has 0 bridgehead atoms. The minimum absolute atomic E-state index is 0.0544. The molecule has 2 aromatic rings. The van der Waals surface area contributed by atoms with Crippen LogP contribution in [0.1, 0.15) is 16.2 Å². The minimum atomic E-state index is -0.0544. The number of ketones is 1. The van der Waals surface area contributed by atoms with Crippen LogP contribution in [0.4, 0.5) is 0 Å². The molecular weight excluding hydrogens is 172 g/mol. The van der Waals surface area contributed by atoms with Crippen LogP contribution < -0.4 is 0 Å². The number of nitrogens with zero attached hydrogens (tertiary/aromatic N) is 1. The number of hydrogen-bond donors (Lipinski definition) is 1. The van der Waals surface area contributed by atoms with E-state index in [4.69, 9.17) is 0 Å². The maximum atomic E-state index is 11.5. The maximum absolute atomic E-state index is 11.5. The van der Waals surface area contributed by atoms with Crippen LogP contribution in [0.15, 0.2) is 29.2 Å². The Hall–Kier alpha value is -1.42. The Morgan fingerprint density at radius 1 is 1.58 bits per heavy atom. The number of rotatable bonds is 2. The molecule has 0 aliphatic heterocycles. The van der Waals surface area contributed by atoms with E-state index in [1.165, 1.54) is 11.3 Å². The Bertz CT molecular complexity index is 327. The van der Waals surface area contributed by atoms with Gasteiger partial charge in [-0.2, -0.15) is 0 Å². The third-order valence-electron chi connectivity index (χ3n) is 1.51. The Morgan fingerprint density at radius 2 is 2.50 bits per heavy atom. The molecule has 0 fully saturated rings. The highest BCUT2D eigenvalue weighted by Gasteiger charge is 2.10. The number of thiazole rings is 1. The van der Waals surface area contributed by atoms with Gasteiger partial charge in [-0.1, -0.05) is 0 Å². The Labute approximate surface area is 73.1 Å². The molecule has 0 radical (unpaired) electrons. The van der Waals surface area contributed by atoms with Gasteiger partial charge in [0.2, 0.25) is 5.78 Å². The predicted octanol–water partition coefficient (Wildman–Crippen LogP) is 1.70. The lowest BCUT2D eigenvalue weighted by molar-refractivity contribution is 0.103. The van der Waals surface area contributed by atoms with Gasteiger partial charge in [0.1, 0.15) is 5.69 Å². The van der Waals surface area contributed by atoms with E-state index in [0.717, 1.165) is 0 Å². The van der Waals surface area contributed by atoms with Crippen molar-refractivity contribution in [1.82, 2.24) is 9.97 Å². The molecule has 0 saturated carbocycles. The molecule has 60 valence electrons. The second kappa shape index (κ2) is 2.91. The Balaban J connectivity index is 2.34. The summed E-state index contributed by atoms with van der Waals surface area (Å²) in [6, 6.07) is 3.53. The van der Waals surface area contributed by atoms with Crippen molar-refractivity contribution in [3.05, 3.63) is 40.6 Å². The van der Waals surface area contributed by atoms with Crippen LogP contribution >= 0.6 is 11.3 Å². The molecule has 0 atom stereocenters. The standard InChI is InChI=1S/C8H6N2OS/c11-8(6-2-1-3-9-6)7-4-12-5-10-7/h1-5,9H. The number of carbonyl (C=O) groups excluding carboxylic acids is 1. The molecule has 2 aromatic heterocycles. The molecule has 0 spiro atoms. The van der Waals surface area contributed by atoms with Gasteiger partial charge in [-0.3, -0.25) is 4.79 Å². The van der Waals surface area contributed by atoms with Crippen LogP contribution in [0.25, 0.3) is 0 Å². The van der Waals surface area contributed by atoms with Gasteiger partial charge in [0.05, 0.1) is 11.2 Å². The molecular formula is C8H6N2OS. The first-order valence-corrected chi connectivity index (χ1v) is 4.38. The highest BCUT2D eigenvalue weighted by Crippen LogP contribution is 2.07. The first kappa shape index (κ1) is 7.24. The van der Waals surface area contributed by atoms with Crippen molar-refractivity contribution in [2.24, 2.45) is 0 Å². The van der Waals surface area contributed by atoms with Crippen molar-refractivity contribution < 1.29 is 4.79 Å². The summed E-state index contributed by atoms with van der Waals surface area (Å²) in [6.07, 6.45) is 1.72. The summed E-state index contributed by atoms with van der Waals surface area (Å²) >= 11 is 1.42. The summed E-state index contributed by atoms with van der Waals surface area (Å²) in [7, 11) is 0. The second-order valence-corrected chi connectivity index (χ2v) is 3.01. The molecule has 4 heteroatoms. The molecule has 2 heterocycles. The SMILES string of the molecule is O=C(c1cscn1)c1ccc[nH]1. The zero-order chi connectivity index (χ0) is 8.39. The molecule has 0 saturated heterocycles. The van der Waals surface area contributed by atoms with Crippen LogP contribution in [0.2, 0.25) is 0 Å². The van der Waals surface area contributed by atoms with Crippen molar-refractivity contribution in [1.29, 1.82) is 0 Å². The van der Waals surface area contributed by atoms with Crippen molar-refractivity contribution in [2.45, 2.75) is 0 Å². The fraction of sp³-hybridized carbons (Fsp3) is 0. The van der Waals surface area contributed by atoms with Gasteiger partial charge in [0, 0.05) is 11.6 Å². The number of aromatic nitrogens is 2. The smallest absolute Gasteiger partial charge is 0.228 e. The Kier molecular flexibility index (Phi) is 1.75. The highest BCUT2D eigenvalue weighted by atomic mass is 32.1. The van der Waals surface area contributed by atoms with E-state index in [2.05, 4.69) is 9.97 Å². The quantitative estimate of drug-likeness (QED) is 0.711. The molecule has 1 N–H and O–H groups in total. The predicted molar refractivity (Wildman–Crippen MR) is 46.3 cm³/mol. The molecule has 0 unspecified atom stereocenters. The summed E-state index contributed by atoms with van der Waals surface area (Å²) in [5.74, 6) is -0.0544. The van der Waals surface area contributed by atoms with E-state index in [0.29, 0.717) is 11.4 Å². The van der Waals surface area contributed by atoms with E-state index < -0.39 is 0 Å². The largest absolute Gasteiger partial charge is 0.358 e. The van der Waals surface area contributed by atoms with Crippen molar-refractivity contribution in [3.63, 3.8) is 0 Å². The third kappa shape index (κ3) is 1.16. The molecule has 0 amide bonds.